The number of nitrogens with zero attached hydrogens (tertiary/aromatic N) is 17. The summed E-state index contributed by atoms with van der Waals surface area (Å²) in [5.41, 5.74) is 5.32. The number of carbonyl (C=O) groups is 22. The molecule has 1 aromatic heterocycles. The highest BCUT2D eigenvalue weighted by Crippen LogP contribution is 2.37. The van der Waals surface area contributed by atoms with E-state index in [0.29, 0.717) is 57.9 Å². The predicted molar refractivity (Wildman–Crippen MR) is 481 cm³/mol. The quantitative estimate of drug-likeness (QED) is 0.0340. The van der Waals surface area contributed by atoms with Crippen molar-refractivity contribution < 1.29 is 141 Å². The fraction of sp³-hybridized carbons (Fsp3) is 0.730. The summed E-state index contributed by atoms with van der Waals surface area (Å²) < 4.78 is 1.36. The normalized spacial score (nSPS) is 30.0. The minimum atomic E-state index is -1.36. The van der Waals surface area contributed by atoms with Crippen LogP contribution in [-0.2, 0) is 112 Å². The average Bonchev–Trinajstić information content (AvgIpc) is 1.65. The van der Waals surface area contributed by atoms with E-state index in [0.717, 1.165) is 24.5 Å². The molecule has 54 nitrogen and oxygen atoms in total. The molecule has 14 aliphatic heterocycles. The lowest BCUT2D eigenvalue weighted by Crippen LogP contribution is -2.57. The molecule has 1 aromatic rings. The molecule has 0 unspecified atom stereocenters. The zero-order chi connectivity index (χ0) is 103. The number of aliphatic hydroxyl groups excluding tert-OH is 7. The van der Waals surface area contributed by atoms with Gasteiger partial charge in [0.2, 0.25) is 130 Å². The van der Waals surface area contributed by atoms with Gasteiger partial charge in [0, 0.05) is 143 Å². The van der Waals surface area contributed by atoms with Gasteiger partial charge in [-0.25, -0.2) is 4.68 Å². The van der Waals surface area contributed by atoms with E-state index in [4.69, 9.17) is 5.73 Å². The number of hydrogen-bond acceptors (Lipinski definition) is 31. The summed E-state index contributed by atoms with van der Waals surface area (Å²) in [6.07, 6.45) is -3.20. The van der Waals surface area contributed by atoms with Crippen molar-refractivity contribution in [2.24, 2.45) is 5.73 Å². The Morgan fingerprint density at radius 2 is 0.476 bits per heavy atom. The number of likely N-dealkylation sites (tertiary alicyclic amines) is 14. The monoisotopic (exact) mass is 2010 g/mol. The number of amides is 22. The van der Waals surface area contributed by atoms with Crippen LogP contribution in [0.25, 0.3) is 0 Å². The Bertz CT molecular complexity index is 5140. The smallest absolute Gasteiger partial charge is 0.246 e. The van der Waals surface area contributed by atoms with Crippen molar-refractivity contribution in [2.75, 3.05) is 137 Å². The second-order valence-corrected chi connectivity index (χ2v) is 39.5. The van der Waals surface area contributed by atoms with Gasteiger partial charge < -0.3 is 147 Å². The predicted octanol–water partition coefficient (Wildman–Crippen LogP) is -14.1. The van der Waals surface area contributed by atoms with Gasteiger partial charge in [-0.05, 0) is 89.9 Å². The summed E-state index contributed by atoms with van der Waals surface area (Å²) in [6, 6.07) is -17.5. The summed E-state index contributed by atoms with van der Waals surface area (Å²) in [6.45, 7) is -4.87. The van der Waals surface area contributed by atoms with Gasteiger partial charge in [-0.2, -0.15) is 0 Å². The first-order chi connectivity index (χ1) is 68.3. The summed E-state index contributed by atoms with van der Waals surface area (Å²) in [7, 11) is 0. The molecule has 14 saturated heterocycles. The standard InChI is InChI=1S/C89H127N25O29/c1-46(116)100-16-2-9-55(100)83(137)108-39-50(118)25-64(108)78(132)93-33-72(126)104-20-6-13-59(104)87(141)112-43-54(122)29-68(112)82(136)97-36-75(129)105-21-7-14-60(105)88(142)111-42-51(119)26-65(111)79(133)94-32-71(125)101-17-3-10-56(101)84(138)107-38-48(114-37-47(45-115)98-99-114)23-62(107)76(130)92-31-70(124)102-18-5-12-58(102)86(140)110-41-52(120)27-66(110)80(134)96-35-74(128)106-22-8-15-61(106)89(143)113-44-53(121)28-67(113)81(135)95-34-73(127)103-19-4-11-57(103)85(139)109-40-49(117)24-63(109)77(131)91-30-69(90)123/h37,48-68,115,117-122H,2-36,38-45H2,1H3,(H2,90,123)(H,91,131)(H,92,130)(H,93,132)(H,94,133)(H,95,135)(H,96,134)(H,97,136)/t48-,49+,50+,51+,52+,53+,54+,55-,56-,57-,58-,59-,60-,61-,62-,63-,64-,65-,66-,67-,68-/m0/s1. The third-order valence-electron chi connectivity index (χ3n) is 30.2. The highest BCUT2D eigenvalue weighted by atomic mass is 16.3. The Morgan fingerprint density at radius 3 is 0.678 bits per heavy atom. The molecule has 143 heavy (non-hydrogen) atoms. The lowest BCUT2D eigenvalue weighted by atomic mass is 10.1. The molecule has 0 bridgehead atoms. The van der Waals surface area contributed by atoms with Crippen LogP contribution in [0.2, 0.25) is 0 Å². The molecule has 0 saturated carbocycles. The van der Waals surface area contributed by atoms with Gasteiger partial charge in [-0.3, -0.25) is 105 Å². The number of aromatic nitrogens is 3. The fourth-order valence-electron chi connectivity index (χ4n) is 23.2. The van der Waals surface area contributed by atoms with Gasteiger partial charge in [0.15, 0.2) is 0 Å². The number of nitrogens with one attached hydrogen (secondary N) is 7. The molecule has 0 aliphatic carbocycles. The van der Waals surface area contributed by atoms with Crippen LogP contribution in [0.1, 0.15) is 153 Å². The molecule has 0 radical (unpaired) electrons. The molecular formula is C89H127N25O29. The van der Waals surface area contributed by atoms with Gasteiger partial charge in [-0.1, -0.05) is 5.21 Å². The third-order valence-corrected chi connectivity index (χ3v) is 30.2. The fourth-order valence-corrected chi connectivity index (χ4v) is 23.2. The van der Waals surface area contributed by atoms with Gasteiger partial charge in [0.1, 0.15) is 90.3 Å². The van der Waals surface area contributed by atoms with Crippen molar-refractivity contribution in [1.29, 1.82) is 0 Å². The van der Waals surface area contributed by atoms with E-state index in [-0.39, 0.29) is 180 Å². The second kappa shape index (κ2) is 45.0. The van der Waals surface area contributed by atoms with Crippen LogP contribution in [0.3, 0.4) is 0 Å². The maximum Gasteiger partial charge on any atom is 0.246 e. The first-order valence-corrected chi connectivity index (χ1v) is 49.3. The molecule has 0 spiro atoms. The van der Waals surface area contributed by atoms with E-state index in [1.54, 1.807) is 0 Å². The van der Waals surface area contributed by atoms with Gasteiger partial charge in [-0.15, -0.1) is 5.10 Å². The van der Waals surface area contributed by atoms with E-state index in [1.807, 2.05) is 0 Å². The van der Waals surface area contributed by atoms with Crippen LogP contribution in [0.15, 0.2) is 6.20 Å². The summed E-state index contributed by atoms with van der Waals surface area (Å²) in [4.78, 5) is 323. The molecular weight excluding hydrogens is 1880 g/mol. The maximum absolute atomic E-state index is 15.0. The molecule has 782 valence electrons. The Labute approximate surface area is 819 Å². The second-order valence-electron chi connectivity index (χ2n) is 39.5. The Kier molecular flexibility index (Phi) is 32.9. The minimum absolute atomic E-state index is 0.0169. The highest BCUT2D eigenvalue weighted by molar-refractivity contribution is 6.03. The van der Waals surface area contributed by atoms with Crippen LogP contribution >= 0.6 is 0 Å². The van der Waals surface area contributed by atoms with Gasteiger partial charge in [0.25, 0.3) is 0 Å². The zero-order valence-corrected chi connectivity index (χ0v) is 79.4. The molecule has 54 heteroatoms. The number of aliphatic hydroxyl groups is 7. The van der Waals surface area contributed by atoms with Gasteiger partial charge >= 0.3 is 0 Å². The third kappa shape index (κ3) is 22.7. The van der Waals surface area contributed by atoms with Crippen LogP contribution < -0.4 is 43.0 Å². The summed E-state index contributed by atoms with van der Waals surface area (Å²) in [5.74, 6) is -15.7. The topological polar surface area (TPSA) is 703 Å². The Balaban J connectivity index is 0.505. The van der Waals surface area contributed by atoms with E-state index in [9.17, 15) is 136 Å². The lowest BCUT2D eigenvalue weighted by molar-refractivity contribution is -0.148. The summed E-state index contributed by atoms with van der Waals surface area (Å²) >= 11 is 0. The summed E-state index contributed by atoms with van der Waals surface area (Å²) in [5, 5.41) is 100. The van der Waals surface area contributed by atoms with Crippen LogP contribution in [0, 0.1) is 0 Å². The molecule has 15 rings (SSSR count). The lowest BCUT2D eigenvalue weighted by Gasteiger charge is -2.32. The zero-order valence-electron chi connectivity index (χ0n) is 79.4. The average molecular weight is 2010 g/mol. The number of rotatable bonds is 30. The largest absolute Gasteiger partial charge is 0.391 e. The number of β-amino-alcohol motifs (C(OH)–C–C–N with tert-alkyl or cyclic N) is 6. The molecule has 21 atom stereocenters. The number of nitrogens with two attached hydrogens (primary N) is 1. The number of carbonyl (C=O) groups excluding carboxylic acids is 22. The van der Waals surface area contributed by atoms with E-state index in [1.165, 1.54) is 61.9 Å². The van der Waals surface area contributed by atoms with Gasteiger partial charge in [0.05, 0.1) is 101 Å². The van der Waals surface area contributed by atoms with Crippen molar-refractivity contribution in [3.05, 3.63) is 11.9 Å². The Morgan fingerprint density at radius 1 is 0.280 bits per heavy atom. The molecule has 0 aromatic carbocycles. The Hall–Kier alpha value is -12.8. The maximum atomic E-state index is 15.0. The van der Waals surface area contributed by atoms with Crippen molar-refractivity contribution in [3.8, 4) is 0 Å². The van der Waals surface area contributed by atoms with E-state index < -0.39 is 304 Å². The van der Waals surface area contributed by atoms with Crippen molar-refractivity contribution in [1.82, 2.24) is 121 Å². The molecule has 16 N–H and O–H groups in total. The number of hydrogen-bond donors (Lipinski definition) is 15. The van der Waals surface area contributed by atoms with E-state index >= 15 is 4.79 Å². The van der Waals surface area contributed by atoms with Crippen molar-refractivity contribution in [3.63, 3.8) is 0 Å². The van der Waals surface area contributed by atoms with Crippen molar-refractivity contribution >= 4 is 130 Å². The van der Waals surface area contributed by atoms with E-state index in [2.05, 4.69) is 47.5 Å². The first kappa shape index (κ1) is 105. The first-order valence-electron chi connectivity index (χ1n) is 49.3. The minimum Gasteiger partial charge on any atom is -0.391 e. The molecule has 14 fully saturated rings. The molecule has 22 amide bonds. The van der Waals surface area contributed by atoms with Crippen LogP contribution in [-0.4, -0.2) is 508 Å². The SMILES string of the molecule is CC(=O)N1CCC[C@H]1C(=O)N1C[C@H](O)C[C@H]1C(=O)NCC(=O)N1CCC[C@H]1C(=O)N1C[C@H](O)C[C@H]1C(=O)NCC(=O)N1CCC[C@H]1C(=O)N1C[C@H](O)C[C@H]1C(=O)NCC(=O)N1CCC[C@H]1C(=O)N1C[C@@H](n2cc(CO)nn2)C[C@H]1C(=O)NCC(=O)N1CCC[C@H]1C(=O)N1C[C@H](O)C[C@H]1C(=O)NCC(=O)N1CCC[C@H]1C(=O)N1C[C@H](O)C[C@H]1C(=O)NCC(=O)N1CCC[C@H]1C(=O)N1C[C@H](O)C[C@H]1C(=O)NCC(N)=O. The molecule has 15 heterocycles. The van der Waals surface area contributed by atoms with Crippen molar-refractivity contribution in [2.45, 2.75) is 276 Å². The number of primary amides is 1. The van der Waals surface area contributed by atoms with Crippen LogP contribution in [0.5, 0.6) is 0 Å². The highest BCUT2D eigenvalue weighted by Gasteiger charge is 2.55. The van der Waals surface area contributed by atoms with Crippen LogP contribution in [0.4, 0.5) is 0 Å². The molecule has 14 aliphatic rings.